The van der Waals surface area contributed by atoms with Crippen LogP contribution in [-0.4, -0.2) is 29.6 Å². The van der Waals surface area contributed by atoms with Gasteiger partial charge >= 0.3 is 0 Å². The van der Waals surface area contributed by atoms with Gasteiger partial charge in [-0.25, -0.2) is 0 Å². The van der Waals surface area contributed by atoms with Gasteiger partial charge in [0.2, 0.25) is 0 Å². The summed E-state index contributed by atoms with van der Waals surface area (Å²) in [6, 6.07) is 17.9. The molecule has 2 nitrogen and oxygen atoms in total. The number of hydrogen-bond donors (Lipinski definition) is 1. The van der Waals surface area contributed by atoms with Crippen molar-refractivity contribution in [2.45, 2.75) is 45.6 Å². The molecule has 160 valence electrons. The van der Waals surface area contributed by atoms with E-state index in [1.807, 2.05) is 42.5 Å². The first-order valence-electron chi connectivity index (χ1n) is 10.9. The van der Waals surface area contributed by atoms with Gasteiger partial charge in [0.15, 0.2) is 0 Å². The minimum Gasteiger partial charge on any atom is -0.387 e. The van der Waals surface area contributed by atoms with E-state index in [2.05, 4.69) is 30.9 Å². The van der Waals surface area contributed by atoms with Crippen molar-refractivity contribution in [3.63, 3.8) is 0 Å². The van der Waals surface area contributed by atoms with Crippen LogP contribution >= 0.6 is 23.2 Å². The van der Waals surface area contributed by atoms with Crippen LogP contribution in [0.2, 0.25) is 10.0 Å². The lowest BCUT2D eigenvalue weighted by atomic mass is 9.94. The van der Waals surface area contributed by atoms with Crippen LogP contribution in [0.1, 0.15) is 51.2 Å². The number of benzene rings is 3. The maximum atomic E-state index is 11.3. The molecule has 0 aliphatic carbocycles. The molecule has 1 unspecified atom stereocenters. The molecule has 1 N–H and O–H groups in total. The van der Waals surface area contributed by atoms with E-state index in [9.17, 15) is 5.11 Å². The van der Waals surface area contributed by atoms with Gasteiger partial charge in [-0.2, -0.15) is 0 Å². The number of hydrogen-bond acceptors (Lipinski definition) is 2. The summed E-state index contributed by atoms with van der Waals surface area (Å²) in [6.07, 6.45) is 4.06. The van der Waals surface area contributed by atoms with E-state index in [0.717, 1.165) is 66.2 Å². The number of aliphatic hydroxyl groups is 1. The highest BCUT2D eigenvalue weighted by Crippen LogP contribution is 2.33. The van der Waals surface area contributed by atoms with Crippen LogP contribution in [0.5, 0.6) is 0 Å². The maximum absolute atomic E-state index is 11.3. The van der Waals surface area contributed by atoms with E-state index >= 15 is 0 Å². The van der Waals surface area contributed by atoms with Crippen molar-refractivity contribution < 1.29 is 5.11 Å². The van der Waals surface area contributed by atoms with Crippen LogP contribution in [0.4, 0.5) is 0 Å². The molecular weight excluding hydrogens is 413 g/mol. The number of fused-ring (bicyclic) bond motifs is 1. The van der Waals surface area contributed by atoms with Gasteiger partial charge in [0.25, 0.3) is 0 Å². The van der Waals surface area contributed by atoms with Gasteiger partial charge in [-0.15, -0.1) is 0 Å². The van der Waals surface area contributed by atoms with Gasteiger partial charge in [0, 0.05) is 16.6 Å². The van der Waals surface area contributed by atoms with Crippen molar-refractivity contribution >= 4 is 34.0 Å². The van der Waals surface area contributed by atoms with Crippen LogP contribution < -0.4 is 0 Å². The summed E-state index contributed by atoms with van der Waals surface area (Å²) in [7, 11) is 0. The van der Waals surface area contributed by atoms with E-state index in [-0.39, 0.29) is 0 Å². The predicted octanol–water partition coefficient (Wildman–Crippen LogP) is 7.75. The molecular formula is C26H31Cl2NO. The summed E-state index contributed by atoms with van der Waals surface area (Å²) in [5, 5.41) is 14.8. The first-order chi connectivity index (χ1) is 14.5. The van der Waals surface area contributed by atoms with Crippen LogP contribution in [0, 0.1) is 0 Å². The zero-order valence-corrected chi connectivity index (χ0v) is 19.4. The molecule has 0 aliphatic heterocycles. The van der Waals surface area contributed by atoms with Gasteiger partial charge < -0.3 is 10.0 Å². The number of rotatable bonds is 10. The molecule has 0 bridgehead atoms. The third kappa shape index (κ3) is 5.98. The van der Waals surface area contributed by atoms with E-state index in [0.29, 0.717) is 16.6 Å². The topological polar surface area (TPSA) is 23.5 Å². The molecule has 30 heavy (non-hydrogen) atoms. The van der Waals surface area contributed by atoms with Crippen LogP contribution in [-0.2, 0) is 0 Å². The molecule has 3 rings (SSSR count). The molecule has 0 fully saturated rings. The lowest BCUT2D eigenvalue weighted by Crippen LogP contribution is -2.30. The van der Waals surface area contributed by atoms with Crippen LogP contribution in [0.3, 0.4) is 0 Å². The molecule has 0 amide bonds. The molecule has 0 spiro atoms. The van der Waals surface area contributed by atoms with Crippen molar-refractivity contribution in [2.24, 2.45) is 0 Å². The first-order valence-corrected chi connectivity index (χ1v) is 11.7. The molecule has 0 saturated heterocycles. The molecule has 0 aliphatic rings. The average molecular weight is 444 g/mol. The third-order valence-electron chi connectivity index (χ3n) is 5.57. The molecule has 0 aromatic heterocycles. The van der Waals surface area contributed by atoms with Crippen molar-refractivity contribution in [2.75, 3.05) is 19.6 Å². The van der Waals surface area contributed by atoms with E-state index in [4.69, 9.17) is 23.2 Å². The van der Waals surface area contributed by atoms with Crippen LogP contribution in [0.15, 0.2) is 54.6 Å². The smallest absolute Gasteiger partial charge is 0.0923 e. The molecule has 1 atom stereocenters. The molecule has 3 aromatic rings. The van der Waals surface area contributed by atoms with Crippen molar-refractivity contribution in [1.82, 2.24) is 4.90 Å². The fourth-order valence-corrected chi connectivity index (χ4v) is 4.16. The highest BCUT2D eigenvalue weighted by atomic mass is 35.5. The Kier molecular flexibility index (Phi) is 8.59. The quantitative estimate of drug-likeness (QED) is 0.346. The highest BCUT2D eigenvalue weighted by Gasteiger charge is 2.17. The van der Waals surface area contributed by atoms with E-state index in [1.165, 1.54) is 0 Å². The second kappa shape index (κ2) is 11.2. The predicted molar refractivity (Wildman–Crippen MR) is 131 cm³/mol. The summed E-state index contributed by atoms with van der Waals surface area (Å²) in [4.78, 5) is 2.40. The standard InChI is InChI=1S/C26H31Cl2NO/c1-3-5-13-29(14-6-4-2)18-26(30)25-17-20(19-7-9-22(27)10-8-19)15-21-16-23(28)11-12-24(21)25/h7-12,15-17,26,30H,3-6,13-14,18H2,1-2H3. The van der Waals surface area contributed by atoms with Gasteiger partial charge in [0.1, 0.15) is 0 Å². The summed E-state index contributed by atoms with van der Waals surface area (Å²) in [5.74, 6) is 0. The minimum atomic E-state index is -0.561. The zero-order valence-electron chi connectivity index (χ0n) is 17.9. The Balaban J connectivity index is 1.98. The molecule has 4 heteroatoms. The molecule has 3 aromatic carbocycles. The van der Waals surface area contributed by atoms with Crippen LogP contribution in [0.25, 0.3) is 21.9 Å². The van der Waals surface area contributed by atoms with Crippen molar-refractivity contribution in [3.05, 3.63) is 70.2 Å². The lowest BCUT2D eigenvalue weighted by molar-refractivity contribution is 0.112. The summed E-state index contributed by atoms with van der Waals surface area (Å²) in [5.41, 5.74) is 3.08. The average Bonchev–Trinajstić information content (AvgIpc) is 2.75. The Morgan fingerprint density at radius 3 is 2.07 bits per heavy atom. The molecule has 0 radical (unpaired) electrons. The second-order valence-corrected chi connectivity index (χ2v) is 8.83. The Labute approximate surface area is 190 Å². The first kappa shape index (κ1) is 23.1. The molecule has 0 saturated carbocycles. The number of unbranched alkanes of at least 4 members (excludes halogenated alkanes) is 2. The number of halogens is 2. The third-order valence-corrected chi connectivity index (χ3v) is 6.06. The summed E-state index contributed by atoms with van der Waals surface area (Å²) >= 11 is 12.4. The number of aliphatic hydroxyl groups excluding tert-OH is 1. The fourth-order valence-electron chi connectivity index (χ4n) is 3.86. The monoisotopic (exact) mass is 443 g/mol. The van der Waals surface area contributed by atoms with E-state index < -0.39 is 6.10 Å². The normalized spacial score (nSPS) is 12.6. The lowest BCUT2D eigenvalue weighted by Gasteiger charge is -2.26. The summed E-state index contributed by atoms with van der Waals surface area (Å²) < 4.78 is 0. The largest absolute Gasteiger partial charge is 0.387 e. The van der Waals surface area contributed by atoms with Crippen molar-refractivity contribution in [1.29, 1.82) is 0 Å². The van der Waals surface area contributed by atoms with Gasteiger partial charge in [-0.3, -0.25) is 0 Å². The molecule has 0 heterocycles. The maximum Gasteiger partial charge on any atom is 0.0923 e. The van der Waals surface area contributed by atoms with Crippen molar-refractivity contribution in [3.8, 4) is 11.1 Å². The zero-order chi connectivity index (χ0) is 21.5. The highest BCUT2D eigenvalue weighted by molar-refractivity contribution is 6.31. The SMILES string of the molecule is CCCCN(CCCC)CC(O)c1cc(-c2ccc(Cl)cc2)cc2cc(Cl)ccc12. The van der Waals surface area contributed by atoms with Gasteiger partial charge in [0.05, 0.1) is 6.10 Å². The Bertz CT molecular complexity index is 947. The summed E-state index contributed by atoms with van der Waals surface area (Å²) in [6.45, 7) is 7.10. The minimum absolute atomic E-state index is 0.561. The Hall–Kier alpha value is -1.58. The van der Waals surface area contributed by atoms with Gasteiger partial charge in [-0.1, -0.05) is 68.1 Å². The fraction of sp³-hybridized carbons (Fsp3) is 0.385. The number of nitrogens with zero attached hydrogens (tertiary/aromatic N) is 1. The second-order valence-electron chi connectivity index (χ2n) is 7.96. The van der Waals surface area contributed by atoms with Gasteiger partial charge in [-0.05, 0) is 89.8 Å². The Morgan fingerprint density at radius 2 is 1.43 bits per heavy atom. The Morgan fingerprint density at radius 1 is 0.800 bits per heavy atom. The van der Waals surface area contributed by atoms with E-state index in [1.54, 1.807) is 0 Å².